The van der Waals surface area contributed by atoms with Crippen molar-refractivity contribution in [2.75, 3.05) is 53.5 Å². The zero-order valence-electron chi connectivity index (χ0n) is 17.3. The lowest BCUT2D eigenvalue weighted by Crippen LogP contribution is -2.49. The molecular formula is C21H31N5O3. The van der Waals surface area contributed by atoms with Crippen molar-refractivity contribution in [2.45, 2.75) is 19.4 Å². The van der Waals surface area contributed by atoms with Crippen LogP contribution in [-0.4, -0.2) is 81.1 Å². The van der Waals surface area contributed by atoms with Crippen molar-refractivity contribution in [1.82, 2.24) is 20.4 Å². The van der Waals surface area contributed by atoms with E-state index in [4.69, 9.17) is 4.74 Å². The Morgan fingerprint density at radius 3 is 2.76 bits per heavy atom. The van der Waals surface area contributed by atoms with Crippen LogP contribution in [0.25, 0.3) is 0 Å². The second-order valence-electron chi connectivity index (χ2n) is 7.61. The van der Waals surface area contributed by atoms with Crippen LogP contribution in [0.15, 0.2) is 29.3 Å². The van der Waals surface area contributed by atoms with Gasteiger partial charge in [0.2, 0.25) is 5.91 Å². The number of likely N-dealkylation sites (N-methyl/N-ethyl adjacent to an activating group) is 1. The molecule has 8 heteroatoms. The number of carbonyl (C=O) groups is 2. The van der Waals surface area contributed by atoms with Crippen LogP contribution in [0.1, 0.15) is 28.8 Å². The van der Waals surface area contributed by atoms with Crippen molar-refractivity contribution in [3.63, 3.8) is 0 Å². The summed E-state index contributed by atoms with van der Waals surface area (Å²) in [6.07, 6.45) is 2.60. The molecule has 0 bridgehead atoms. The maximum atomic E-state index is 12.5. The first-order chi connectivity index (χ1) is 14.1. The molecule has 0 spiro atoms. The smallest absolute Gasteiger partial charge is 0.254 e. The molecule has 3 rings (SSSR count). The lowest BCUT2D eigenvalue weighted by atomic mass is 10.1. The van der Waals surface area contributed by atoms with E-state index in [9.17, 15) is 9.59 Å². The van der Waals surface area contributed by atoms with Crippen LogP contribution in [0, 0.1) is 5.92 Å². The zero-order valence-corrected chi connectivity index (χ0v) is 17.3. The molecule has 2 aliphatic rings. The topological polar surface area (TPSA) is 86.3 Å². The SMILES string of the molecule is CN=C(NCc1ccc(C(=O)N2CCNC(=O)C2)cc1)N(C)CCOCC1CC1. The summed E-state index contributed by atoms with van der Waals surface area (Å²) in [6.45, 7) is 4.12. The van der Waals surface area contributed by atoms with Gasteiger partial charge < -0.3 is 25.2 Å². The summed E-state index contributed by atoms with van der Waals surface area (Å²) in [6, 6.07) is 7.47. The maximum Gasteiger partial charge on any atom is 0.254 e. The van der Waals surface area contributed by atoms with Crippen molar-refractivity contribution in [3.05, 3.63) is 35.4 Å². The van der Waals surface area contributed by atoms with Crippen molar-refractivity contribution in [1.29, 1.82) is 0 Å². The van der Waals surface area contributed by atoms with Gasteiger partial charge in [-0.15, -0.1) is 0 Å². The quantitative estimate of drug-likeness (QED) is 0.380. The first kappa shape index (κ1) is 21.1. The number of benzene rings is 1. The van der Waals surface area contributed by atoms with Crippen LogP contribution in [0.2, 0.25) is 0 Å². The second kappa shape index (κ2) is 10.2. The number of hydrogen-bond donors (Lipinski definition) is 2. The molecule has 1 saturated carbocycles. The average Bonchev–Trinajstić information content (AvgIpc) is 3.56. The van der Waals surface area contributed by atoms with Crippen LogP contribution in [-0.2, 0) is 16.1 Å². The van der Waals surface area contributed by atoms with Gasteiger partial charge in [0.1, 0.15) is 0 Å². The minimum atomic E-state index is -0.112. The minimum absolute atomic E-state index is 0.110. The number of ether oxygens (including phenoxy) is 1. The Bertz CT molecular complexity index is 730. The number of nitrogens with one attached hydrogen (secondary N) is 2. The van der Waals surface area contributed by atoms with Crippen molar-refractivity contribution >= 4 is 17.8 Å². The molecule has 8 nitrogen and oxygen atoms in total. The van der Waals surface area contributed by atoms with Gasteiger partial charge in [0.25, 0.3) is 5.91 Å². The summed E-state index contributed by atoms with van der Waals surface area (Å²) in [5.74, 6) is 1.36. The van der Waals surface area contributed by atoms with Gasteiger partial charge >= 0.3 is 0 Å². The number of aliphatic imine (C=N–C) groups is 1. The maximum absolute atomic E-state index is 12.5. The lowest BCUT2D eigenvalue weighted by molar-refractivity contribution is -0.123. The lowest BCUT2D eigenvalue weighted by Gasteiger charge is -2.26. The molecule has 0 unspecified atom stereocenters. The fourth-order valence-electron chi connectivity index (χ4n) is 3.17. The predicted octanol–water partition coefficient (Wildman–Crippen LogP) is 0.692. The summed E-state index contributed by atoms with van der Waals surface area (Å²) in [7, 11) is 3.76. The Hall–Kier alpha value is -2.61. The molecular weight excluding hydrogens is 370 g/mol. The van der Waals surface area contributed by atoms with E-state index in [-0.39, 0.29) is 18.4 Å². The molecule has 1 aliphatic heterocycles. The van der Waals surface area contributed by atoms with E-state index >= 15 is 0 Å². The number of guanidine groups is 1. The van der Waals surface area contributed by atoms with Gasteiger partial charge in [0.05, 0.1) is 13.2 Å². The molecule has 0 atom stereocenters. The Morgan fingerprint density at radius 1 is 1.34 bits per heavy atom. The summed E-state index contributed by atoms with van der Waals surface area (Å²) >= 11 is 0. The van der Waals surface area contributed by atoms with Gasteiger partial charge in [-0.25, -0.2) is 0 Å². The predicted molar refractivity (Wildman–Crippen MR) is 112 cm³/mol. The Kier molecular flexibility index (Phi) is 7.46. The average molecular weight is 402 g/mol. The Labute approximate surface area is 172 Å². The third-order valence-electron chi connectivity index (χ3n) is 5.17. The number of amides is 2. The third kappa shape index (κ3) is 6.45. The summed E-state index contributed by atoms with van der Waals surface area (Å²) in [5.41, 5.74) is 1.65. The van der Waals surface area contributed by atoms with Gasteiger partial charge in [-0.3, -0.25) is 14.6 Å². The van der Waals surface area contributed by atoms with E-state index in [0.29, 0.717) is 31.8 Å². The van der Waals surface area contributed by atoms with Gasteiger partial charge in [0, 0.05) is 52.4 Å². The van der Waals surface area contributed by atoms with E-state index in [0.717, 1.165) is 30.6 Å². The second-order valence-corrected chi connectivity index (χ2v) is 7.61. The standard InChI is InChI=1S/C21H31N5O3/c1-22-21(25(2)11-12-29-15-17-3-4-17)24-13-16-5-7-18(8-6-16)20(28)26-10-9-23-19(27)14-26/h5-8,17H,3-4,9-15H2,1-2H3,(H,22,24)(H,23,27). The summed E-state index contributed by atoms with van der Waals surface area (Å²) < 4.78 is 5.69. The first-order valence-corrected chi connectivity index (χ1v) is 10.2. The minimum Gasteiger partial charge on any atom is -0.379 e. The number of rotatable bonds is 8. The van der Waals surface area contributed by atoms with Crippen LogP contribution in [0.3, 0.4) is 0 Å². The molecule has 2 fully saturated rings. The number of carbonyl (C=O) groups excluding carboxylic acids is 2. The molecule has 0 aromatic heterocycles. The van der Waals surface area contributed by atoms with E-state index in [1.807, 2.05) is 36.2 Å². The van der Waals surface area contributed by atoms with Gasteiger partial charge in [-0.05, 0) is 36.5 Å². The molecule has 1 aromatic rings. The van der Waals surface area contributed by atoms with Crippen LogP contribution >= 0.6 is 0 Å². The van der Waals surface area contributed by atoms with Crippen LogP contribution < -0.4 is 10.6 Å². The normalized spacial score (nSPS) is 17.1. The van der Waals surface area contributed by atoms with Gasteiger partial charge in [-0.1, -0.05) is 12.1 Å². The van der Waals surface area contributed by atoms with Crippen molar-refractivity contribution in [3.8, 4) is 0 Å². The number of nitrogens with zero attached hydrogens (tertiary/aromatic N) is 3. The molecule has 2 amide bonds. The highest BCUT2D eigenvalue weighted by Crippen LogP contribution is 2.28. The molecule has 1 aliphatic carbocycles. The summed E-state index contributed by atoms with van der Waals surface area (Å²) in [4.78, 5) is 31.9. The Balaban J connectivity index is 1.44. The molecule has 158 valence electrons. The Morgan fingerprint density at radius 2 is 2.10 bits per heavy atom. The molecule has 2 N–H and O–H groups in total. The van der Waals surface area contributed by atoms with Gasteiger partial charge in [0.15, 0.2) is 5.96 Å². The highest BCUT2D eigenvalue weighted by Gasteiger charge is 2.22. The molecule has 1 saturated heterocycles. The third-order valence-corrected chi connectivity index (χ3v) is 5.17. The largest absolute Gasteiger partial charge is 0.379 e. The van der Waals surface area contributed by atoms with E-state index in [1.165, 1.54) is 12.8 Å². The highest BCUT2D eigenvalue weighted by molar-refractivity contribution is 5.97. The van der Waals surface area contributed by atoms with Gasteiger partial charge in [-0.2, -0.15) is 0 Å². The van der Waals surface area contributed by atoms with Crippen molar-refractivity contribution < 1.29 is 14.3 Å². The van der Waals surface area contributed by atoms with Crippen LogP contribution in [0.5, 0.6) is 0 Å². The molecule has 29 heavy (non-hydrogen) atoms. The van der Waals surface area contributed by atoms with E-state index in [2.05, 4.69) is 15.6 Å². The first-order valence-electron chi connectivity index (χ1n) is 10.2. The molecule has 0 radical (unpaired) electrons. The summed E-state index contributed by atoms with van der Waals surface area (Å²) in [5, 5.41) is 6.07. The number of piperazine rings is 1. The van der Waals surface area contributed by atoms with E-state index in [1.54, 1.807) is 11.9 Å². The van der Waals surface area contributed by atoms with Crippen LogP contribution in [0.4, 0.5) is 0 Å². The molecule has 1 heterocycles. The van der Waals surface area contributed by atoms with Crippen molar-refractivity contribution in [2.24, 2.45) is 10.9 Å². The zero-order chi connectivity index (χ0) is 20.6. The number of hydrogen-bond acceptors (Lipinski definition) is 4. The fraction of sp³-hybridized carbons (Fsp3) is 0.571. The monoisotopic (exact) mass is 401 g/mol. The highest BCUT2D eigenvalue weighted by atomic mass is 16.5. The molecule has 1 aromatic carbocycles. The fourth-order valence-corrected chi connectivity index (χ4v) is 3.17. The van der Waals surface area contributed by atoms with E-state index < -0.39 is 0 Å².